The van der Waals surface area contributed by atoms with E-state index in [1.807, 2.05) is 0 Å². The van der Waals surface area contributed by atoms with E-state index in [0.717, 1.165) is 12.7 Å². The third-order valence-corrected chi connectivity index (χ3v) is 2.12. The zero-order chi connectivity index (χ0) is 7.49. The first kappa shape index (κ1) is 8.42. The fraction of sp³-hybridized carbons (Fsp3) is 0.750. The van der Waals surface area contributed by atoms with Gasteiger partial charge in [-0.05, 0) is 6.92 Å². The Morgan fingerprint density at radius 3 is 2.11 bits per heavy atom. The van der Waals surface area contributed by atoms with E-state index in [0.29, 0.717) is 0 Å². The minimum absolute atomic E-state index is 0.981. The molecule has 0 aromatic carbocycles. The van der Waals surface area contributed by atoms with E-state index in [-0.39, 0.29) is 0 Å². The van der Waals surface area contributed by atoms with Crippen LogP contribution >= 0.6 is 0 Å². The zero-order valence-corrected chi connectivity index (χ0v) is 5.94. The first-order valence-electron chi connectivity index (χ1n) is 2.20. The Labute approximate surface area is 53.7 Å². The Hall–Kier alpha value is -0.580. The summed E-state index contributed by atoms with van der Waals surface area (Å²) in [4.78, 5) is 9.45. The van der Waals surface area contributed by atoms with E-state index in [1.54, 1.807) is 0 Å². The van der Waals surface area contributed by atoms with Gasteiger partial charge in [0.2, 0.25) is 0 Å². The van der Waals surface area contributed by atoms with Gasteiger partial charge in [0.25, 0.3) is 0 Å². The predicted octanol–water partition coefficient (Wildman–Crippen LogP) is -0.539. The number of ether oxygens (including phenoxy) is 1. The standard InChI is InChI=1S/C4H7O4S/c1-4(8-3-5)9(2,6)7/h4H,1-2H3/t4-/m0/s1. The molecule has 0 bridgehead atoms. The first-order chi connectivity index (χ1) is 3.98. The highest BCUT2D eigenvalue weighted by Gasteiger charge is 2.14. The molecule has 0 saturated heterocycles. The molecule has 1 radical (unpaired) electrons. The molecule has 0 saturated carbocycles. The molecule has 0 unspecified atom stereocenters. The van der Waals surface area contributed by atoms with E-state index in [1.165, 1.54) is 6.92 Å². The minimum Gasteiger partial charge on any atom is -0.438 e. The van der Waals surface area contributed by atoms with Gasteiger partial charge in [-0.15, -0.1) is 0 Å². The van der Waals surface area contributed by atoms with Gasteiger partial charge in [0.15, 0.2) is 15.3 Å². The Morgan fingerprint density at radius 1 is 1.56 bits per heavy atom. The molecule has 53 valence electrons. The number of sulfone groups is 1. The summed E-state index contributed by atoms with van der Waals surface area (Å²) in [6.45, 7) is 2.31. The predicted molar refractivity (Wildman–Crippen MR) is 31.1 cm³/mol. The highest BCUT2D eigenvalue weighted by molar-refractivity contribution is 7.91. The number of hydrogen-bond acceptors (Lipinski definition) is 4. The van der Waals surface area contributed by atoms with E-state index >= 15 is 0 Å². The van der Waals surface area contributed by atoms with Crippen molar-refractivity contribution in [2.75, 3.05) is 6.26 Å². The second kappa shape index (κ2) is 2.82. The molecule has 0 heterocycles. The number of rotatable bonds is 3. The van der Waals surface area contributed by atoms with Gasteiger partial charge >= 0.3 is 6.47 Å². The molecule has 0 aliphatic rings. The van der Waals surface area contributed by atoms with Crippen LogP contribution in [0.25, 0.3) is 0 Å². The van der Waals surface area contributed by atoms with Crippen LogP contribution < -0.4 is 0 Å². The smallest absolute Gasteiger partial charge is 0.418 e. The van der Waals surface area contributed by atoms with Gasteiger partial charge < -0.3 is 4.74 Å². The van der Waals surface area contributed by atoms with Crippen LogP contribution in [0.2, 0.25) is 0 Å². The molecule has 0 aliphatic carbocycles. The van der Waals surface area contributed by atoms with Gasteiger partial charge in [0.05, 0.1) is 0 Å². The summed E-state index contributed by atoms with van der Waals surface area (Å²) in [6, 6.07) is 0. The maximum Gasteiger partial charge on any atom is 0.418 e. The van der Waals surface area contributed by atoms with E-state index in [2.05, 4.69) is 4.74 Å². The molecule has 0 aliphatic heterocycles. The van der Waals surface area contributed by atoms with Crippen LogP contribution in [-0.2, 0) is 19.4 Å². The Bertz CT molecular complexity index is 181. The largest absolute Gasteiger partial charge is 0.438 e. The Balaban J connectivity index is 4.05. The van der Waals surface area contributed by atoms with Crippen molar-refractivity contribution in [3.05, 3.63) is 0 Å². The maximum absolute atomic E-state index is 10.4. The summed E-state index contributed by atoms with van der Waals surface area (Å²) in [5.41, 5.74) is -1.09. The monoisotopic (exact) mass is 151 g/mol. The molecule has 9 heavy (non-hydrogen) atoms. The van der Waals surface area contributed by atoms with Gasteiger partial charge in [-0.2, -0.15) is 0 Å². The molecule has 0 amide bonds. The van der Waals surface area contributed by atoms with Crippen LogP contribution in [0.1, 0.15) is 6.92 Å². The SMILES string of the molecule is C[C@@H](O[C]=O)S(C)(=O)=O. The summed E-state index contributed by atoms with van der Waals surface area (Å²) in [6.07, 6.45) is 0.981. The van der Waals surface area contributed by atoms with Crippen molar-refractivity contribution in [3.63, 3.8) is 0 Å². The normalized spacial score (nSPS) is 14.4. The summed E-state index contributed by atoms with van der Waals surface area (Å²) in [7, 11) is -3.25. The van der Waals surface area contributed by atoms with Gasteiger partial charge in [0.1, 0.15) is 0 Å². The van der Waals surface area contributed by atoms with Crippen molar-refractivity contribution in [3.8, 4) is 0 Å². The molecule has 0 N–H and O–H groups in total. The highest BCUT2D eigenvalue weighted by atomic mass is 32.2. The molecule has 0 fully saturated rings. The van der Waals surface area contributed by atoms with Crippen molar-refractivity contribution < 1.29 is 17.9 Å². The first-order valence-corrected chi connectivity index (χ1v) is 4.15. The lowest BCUT2D eigenvalue weighted by molar-refractivity contribution is 0.257. The molecule has 4 nitrogen and oxygen atoms in total. The van der Waals surface area contributed by atoms with Crippen LogP contribution in [0.3, 0.4) is 0 Å². The summed E-state index contributed by atoms with van der Waals surface area (Å²) in [5, 5.41) is 0. The molecular formula is C4H7O4S. The molecule has 0 spiro atoms. The quantitative estimate of drug-likeness (QED) is 0.543. The van der Waals surface area contributed by atoms with Crippen molar-refractivity contribution >= 4 is 16.3 Å². The number of hydrogen-bond donors (Lipinski definition) is 0. The maximum atomic E-state index is 10.4. The average Bonchev–Trinajstić information content (AvgIpc) is 1.64. The van der Waals surface area contributed by atoms with Crippen LogP contribution in [0.15, 0.2) is 0 Å². The van der Waals surface area contributed by atoms with Gasteiger partial charge in [-0.1, -0.05) is 0 Å². The summed E-state index contributed by atoms with van der Waals surface area (Å²) < 4.78 is 24.8. The Morgan fingerprint density at radius 2 is 2.00 bits per heavy atom. The topological polar surface area (TPSA) is 60.4 Å². The van der Waals surface area contributed by atoms with E-state index in [9.17, 15) is 13.2 Å². The summed E-state index contributed by atoms with van der Waals surface area (Å²) in [5.74, 6) is 0. The molecule has 0 aromatic rings. The fourth-order valence-corrected chi connectivity index (χ4v) is 0.369. The fourth-order valence-electron chi connectivity index (χ4n) is 0.155. The zero-order valence-electron chi connectivity index (χ0n) is 5.12. The molecule has 0 rings (SSSR count). The van der Waals surface area contributed by atoms with Crippen LogP contribution in [0.4, 0.5) is 0 Å². The molecule has 1 atom stereocenters. The highest BCUT2D eigenvalue weighted by Crippen LogP contribution is 1.96. The lowest BCUT2D eigenvalue weighted by Gasteiger charge is -2.03. The second-order valence-electron chi connectivity index (χ2n) is 1.60. The van der Waals surface area contributed by atoms with Crippen molar-refractivity contribution in [1.29, 1.82) is 0 Å². The lowest BCUT2D eigenvalue weighted by atomic mass is 10.9. The van der Waals surface area contributed by atoms with Gasteiger partial charge in [-0.3, -0.25) is 0 Å². The summed E-state index contributed by atoms with van der Waals surface area (Å²) >= 11 is 0. The number of carbonyl (C=O) groups excluding carboxylic acids is 1. The Kier molecular flexibility index (Phi) is 2.64. The lowest BCUT2D eigenvalue weighted by Crippen LogP contribution is -2.18. The molecular weight excluding hydrogens is 144 g/mol. The third kappa shape index (κ3) is 3.07. The second-order valence-corrected chi connectivity index (χ2v) is 3.92. The van der Waals surface area contributed by atoms with Crippen molar-refractivity contribution in [1.82, 2.24) is 0 Å². The molecule has 0 aromatic heterocycles. The van der Waals surface area contributed by atoms with Crippen LogP contribution in [0.5, 0.6) is 0 Å². The average molecular weight is 151 g/mol. The molecule has 5 heteroatoms. The van der Waals surface area contributed by atoms with Crippen molar-refractivity contribution in [2.24, 2.45) is 0 Å². The van der Waals surface area contributed by atoms with Gasteiger partial charge in [-0.25, -0.2) is 13.2 Å². The van der Waals surface area contributed by atoms with Crippen LogP contribution in [0, 0.1) is 0 Å². The van der Waals surface area contributed by atoms with Gasteiger partial charge in [0, 0.05) is 6.26 Å². The van der Waals surface area contributed by atoms with E-state index in [4.69, 9.17) is 0 Å². The minimum atomic E-state index is -3.25. The third-order valence-electron chi connectivity index (χ3n) is 0.817. The van der Waals surface area contributed by atoms with E-state index < -0.39 is 15.3 Å². The van der Waals surface area contributed by atoms with Crippen LogP contribution in [-0.4, -0.2) is 26.6 Å². The van der Waals surface area contributed by atoms with Crippen molar-refractivity contribution in [2.45, 2.75) is 12.4 Å².